The van der Waals surface area contributed by atoms with Crippen molar-refractivity contribution in [1.29, 1.82) is 15.8 Å². The summed E-state index contributed by atoms with van der Waals surface area (Å²) in [5.41, 5.74) is 0.592. The van der Waals surface area contributed by atoms with Crippen LogP contribution >= 0.6 is 0 Å². The molecule has 0 atom stereocenters. The van der Waals surface area contributed by atoms with Crippen LogP contribution in [0, 0.1) is 34.0 Å². The minimum atomic E-state index is -0.291. The molecule has 0 radical (unpaired) electrons. The number of amides is 1. The molecule has 1 fully saturated rings. The summed E-state index contributed by atoms with van der Waals surface area (Å²) in [4.78, 5) is 14.3. The first-order valence-corrected chi connectivity index (χ1v) is 7.30. The topological polar surface area (TPSA) is 104 Å². The van der Waals surface area contributed by atoms with Crippen molar-refractivity contribution in [2.24, 2.45) is 0 Å². The molecule has 1 aliphatic heterocycles. The number of nitriles is 3. The van der Waals surface area contributed by atoms with E-state index in [1.807, 2.05) is 4.90 Å². The average Bonchev–Trinajstić information content (AvgIpc) is 2.62. The molecule has 0 bridgehead atoms. The average molecular weight is 305 g/mol. The Morgan fingerprint density at radius 3 is 2.35 bits per heavy atom. The molecule has 1 aromatic rings. The number of hydrogen-bond acceptors (Lipinski definition) is 5. The highest BCUT2D eigenvalue weighted by atomic mass is 16.2. The van der Waals surface area contributed by atoms with E-state index in [2.05, 4.69) is 5.32 Å². The van der Waals surface area contributed by atoms with E-state index < -0.39 is 0 Å². The first kappa shape index (κ1) is 16.1. The van der Waals surface area contributed by atoms with Gasteiger partial charge in [0.15, 0.2) is 5.57 Å². The van der Waals surface area contributed by atoms with Crippen molar-refractivity contribution in [2.75, 3.05) is 18.4 Å². The number of rotatable bonds is 3. The molecule has 0 unspecified atom stereocenters. The molecule has 0 spiro atoms. The minimum Gasteiger partial charge on any atom is -0.345 e. The first-order valence-electron chi connectivity index (χ1n) is 7.30. The fraction of sp³-hybridized carbons (Fsp3) is 0.294. The van der Waals surface area contributed by atoms with Gasteiger partial charge in [-0.3, -0.25) is 4.79 Å². The fourth-order valence-electron chi connectivity index (χ4n) is 2.44. The quantitative estimate of drug-likeness (QED) is 0.864. The molecule has 0 saturated carbocycles. The summed E-state index contributed by atoms with van der Waals surface area (Å²) >= 11 is 0. The van der Waals surface area contributed by atoms with Crippen LogP contribution in [0.4, 0.5) is 5.69 Å². The second-order valence-corrected chi connectivity index (χ2v) is 5.14. The molecular weight excluding hydrogens is 290 g/mol. The summed E-state index contributed by atoms with van der Waals surface area (Å²) < 4.78 is 0. The Bertz CT molecular complexity index is 738. The molecule has 1 saturated heterocycles. The zero-order valence-electron chi connectivity index (χ0n) is 12.5. The van der Waals surface area contributed by atoms with Crippen LogP contribution in [-0.2, 0) is 0 Å². The molecule has 1 heterocycles. The van der Waals surface area contributed by atoms with Crippen molar-refractivity contribution in [2.45, 2.75) is 19.3 Å². The van der Waals surface area contributed by atoms with Gasteiger partial charge in [-0.2, -0.15) is 15.8 Å². The largest absolute Gasteiger partial charge is 0.345 e. The lowest BCUT2D eigenvalue weighted by atomic mass is 10.1. The van der Waals surface area contributed by atoms with Crippen molar-refractivity contribution in [3.05, 3.63) is 41.1 Å². The van der Waals surface area contributed by atoms with Crippen molar-refractivity contribution in [1.82, 2.24) is 4.90 Å². The van der Waals surface area contributed by atoms with E-state index in [4.69, 9.17) is 15.8 Å². The summed E-state index contributed by atoms with van der Waals surface area (Å²) in [5, 5.41) is 29.5. The van der Waals surface area contributed by atoms with Gasteiger partial charge in [-0.25, -0.2) is 0 Å². The van der Waals surface area contributed by atoms with Gasteiger partial charge in [0.25, 0.3) is 5.91 Å². The number of piperidine rings is 1. The number of nitrogens with one attached hydrogen (secondary N) is 1. The highest BCUT2D eigenvalue weighted by Gasteiger charge is 2.18. The third-order valence-electron chi connectivity index (χ3n) is 3.61. The Labute approximate surface area is 134 Å². The van der Waals surface area contributed by atoms with Crippen LogP contribution in [0.25, 0.3) is 0 Å². The highest BCUT2D eigenvalue weighted by molar-refractivity contribution is 5.95. The van der Waals surface area contributed by atoms with Crippen molar-refractivity contribution in [3.8, 4) is 18.2 Å². The molecule has 2 rings (SSSR count). The first-order chi connectivity index (χ1) is 11.2. The molecule has 114 valence electrons. The summed E-state index contributed by atoms with van der Waals surface area (Å²) in [5.74, 6) is -0.0448. The smallest absolute Gasteiger partial charge is 0.253 e. The zero-order valence-corrected chi connectivity index (χ0v) is 12.5. The van der Waals surface area contributed by atoms with Crippen LogP contribution in [0.15, 0.2) is 35.5 Å². The predicted molar refractivity (Wildman–Crippen MR) is 83.7 cm³/mol. The molecule has 0 aliphatic carbocycles. The van der Waals surface area contributed by atoms with Gasteiger partial charge in [-0.1, -0.05) is 6.07 Å². The lowest BCUT2D eigenvalue weighted by Gasteiger charge is -2.26. The molecule has 1 N–H and O–H groups in total. The Morgan fingerprint density at radius 1 is 1.04 bits per heavy atom. The number of likely N-dealkylation sites (tertiary alicyclic amines) is 1. The minimum absolute atomic E-state index is 0.0448. The van der Waals surface area contributed by atoms with Crippen LogP contribution in [-0.4, -0.2) is 23.9 Å². The van der Waals surface area contributed by atoms with E-state index in [1.165, 1.54) is 0 Å². The van der Waals surface area contributed by atoms with E-state index in [9.17, 15) is 4.79 Å². The molecule has 6 nitrogen and oxygen atoms in total. The summed E-state index contributed by atoms with van der Waals surface area (Å²) in [6.07, 6.45) is 3.17. The third kappa shape index (κ3) is 3.87. The van der Waals surface area contributed by atoms with E-state index in [1.54, 1.807) is 42.5 Å². The number of anilines is 1. The number of carbonyl (C=O) groups excluding carboxylic acids is 1. The van der Waals surface area contributed by atoms with Gasteiger partial charge >= 0.3 is 0 Å². The maximum absolute atomic E-state index is 12.5. The normalized spacial score (nSPS) is 13.2. The van der Waals surface area contributed by atoms with Crippen LogP contribution in [0.2, 0.25) is 0 Å². The molecule has 1 aromatic carbocycles. The zero-order chi connectivity index (χ0) is 16.7. The standard InChI is InChI=1S/C17H15N5O/c18-10-14(11-19)16(12-20)21-15-6-4-5-13(9-15)17(23)22-7-2-1-3-8-22/h4-6,9,21H,1-3,7-8H2. The number of carbonyl (C=O) groups is 1. The summed E-state index contributed by atoms with van der Waals surface area (Å²) in [7, 11) is 0. The van der Waals surface area contributed by atoms with E-state index in [-0.39, 0.29) is 17.2 Å². The molecular formula is C17H15N5O. The Morgan fingerprint density at radius 2 is 1.74 bits per heavy atom. The fourth-order valence-corrected chi connectivity index (χ4v) is 2.44. The number of hydrogen-bond donors (Lipinski definition) is 1. The van der Waals surface area contributed by atoms with Gasteiger partial charge in [0.2, 0.25) is 0 Å². The van der Waals surface area contributed by atoms with Crippen LogP contribution in [0.3, 0.4) is 0 Å². The van der Waals surface area contributed by atoms with E-state index >= 15 is 0 Å². The Balaban J connectivity index is 2.22. The van der Waals surface area contributed by atoms with Crippen molar-refractivity contribution in [3.63, 3.8) is 0 Å². The van der Waals surface area contributed by atoms with E-state index in [0.29, 0.717) is 11.3 Å². The van der Waals surface area contributed by atoms with Gasteiger partial charge < -0.3 is 10.2 Å². The van der Waals surface area contributed by atoms with Gasteiger partial charge in [0.05, 0.1) is 0 Å². The van der Waals surface area contributed by atoms with Gasteiger partial charge in [-0.15, -0.1) is 0 Å². The number of benzene rings is 1. The monoisotopic (exact) mass is 305 g/mol. The van der Waals surface area contributed by atoms with E-state index in [0.717, 1.165) is 32.4 Å². The molecule has 0 aromatic heterocycles. The van der Waals surface area contributed by atoms with Crippen LogP contribution < -0.4 is 5.32 Å². The van der Waals surface area contributed by atoms with Gasteiger partial charge in [-0.05, 0) is 37.5 Å². The predicted octanol–water partition coefficient (Wildman–Crippen LogP) is 2.55. The lowest BCUT2D eigenvalue weighted by molar-refractivity contribution is 0.0724. The van der Waals surface area contributed by atoms with Crippen molar-refractivity contribution < 1.29 is 4.79 Å². The van der Waals surface area contributed by atoms with Crippen LogP contribution in [0.1, 0.15) is 29.6 Å². The third-order valence-corrected chi connectivity index (χ3v) is 3.61. The molecule has 23 heavy (non-hydrogen) atoms. The highest BCUT2D eigenvalue weighted by Crippen LogP contribution is 2.18. The van der Waals surface area contributed by atoms with Gasteiger partial charge in [0, 0.05) is 24.3 Å². The number of nitrogens with zero attached hydrogens (tertiary/aromatic N) is 4. The second kappa shape index (κ2) is 7.64. The second-order valence-electron chi connectivity index (χ2n) is 5.14. The maximum atomic E-state index is 12.5. The SMILES string of the molecule is N#CC(C#N)=C(C#N)Nc1cccc(C(=O)N2CCCCC2)c1. The van der Waals surface area contributed by atoms with Crippen LogP contribution in [0.5, 0.6) is 0 Å². The summed E-state index contributed by atoms with van der Waals surface area (Å²) in [6, 6.07) is 11.9. The Hall–Kier alpha value is -3.30. The molecule has 6 heteroatoms. The Kier molecular flexibility index (Phi) is 5.34. The van der Waals surface area contributed by atoms with Crippen molar-refractivity contribution >= 4 is 11.6 Å². The number of allylic oxidation sites excluding steroid dienone is 2. The summed E-state index contributed by atoms with van der Waals surface area (Å²) in [6.45, 7) is 1.51. The molecule has 1 aliphatic rings. The maximum Gasteiger partial charge on any atom is 0.253 e. The lowest BCUT2D eigenvalue weighted by Crippen LogP contribution is -2.35. The molecule has 1 amide bonds. The van der Waals surface area contributed by atoms with Gasteiger partial charge in [0.1, 0.15) is 23.9 Å².